The molecule has 0 bridgehead atoms. The Bertz CT molecular complexity index is 259. The molecule has 2 nitrogen and oxygen atoms in total. The predicted molar refractivity (Wildman–Crippen MR) is 52.2 cm³/mol. The van der Waals surface area contributed by atoms with Crippen LogP contribution in [0.15, 0.2) is 36.0 Å². The van der Waals surface area contributed by atoms with Gasteiger partial charge in [-0.3, -0.25) is 4.79 Å². The summed E-state index contributed by atoms with van der Waals surface area (Å²) in [6.45, 7) is 2.27. The molecule has 0 saturated heterocycles. The van der Waals surface area contributed by atoms with Crippen LogP contribution < -0.4 is 0 Å². The van der Waals surface area contributed by atoms with Crippen LogP contribution in [0.4, 0.5) is 0 Å². The highest BCUT2D eigenvalue weighted by Crippen LogP contribution is 2.10. The molecule has 1 rings (SSSR count). The fourth-order valence-electron chi connectivity index (χ4n) is 1.12. The van der Waals surface area contributed by atoms with Crippen LogP contribution in [0.3, 0.4) is 0 Å². The largest absolute Gasteiger partial charge is 0.466 e. The minimum atomic E-state index is -0.155. The molecule has 0 aromatic heterocycles. The van der Waals surface area contributed by atoms with E-state index in [1.54, 1.807) is 0 Å². The Morgan fingerprint density at radius 1 is 1.62 bits per heavy atom. The molecule has 0 aromatic rings. The summed E-state index contributed by atoms with van der Waals surface area (Å²) < 4.78 is 4.81. The molecule has 13 heavy (non-hydrogen) atoms. The number of hydrogen-bond acceptors (Lipinski definition) is 2. The minimum Gasteiger partial charge on any atom is -0.466 e. The zero-order chi connectivity index (χ0) is 9.52. The summed E-state index contributed by atoms with van der Waals surface area (Å²) in [5.74, 6) is -0.155. The second kappa shape index (κ2) is 5.36. The Kier molecular flexibility index (Phi) is 4.03. The van der Waals surface area contributed by atoms with E-state index < -0.39 is 0 Å². The van der Waals surface area contributed by atoms with Crippen LogP contribution in [0.2, 0.25) is 0 Å². The van der Waals surface area contributed by atoms with Crippen molar-refractivity contribution in [1.29, 1.82) is 0 Å². The second-order valence-electron chi connectivity index (χ2n) is 2.78. The number of carbonyl (C=O) groups is 1. The Morgan fingerprint density at radius 2 is 2.46 bits per heavy atom. The Balaban J connectivity index is 2.35. The first-order chi connectivity index (χ1) is 6.33. The average molecular weight is 178 g/mol. The number of carbonyl (C=O) groups excluding carboxylic acids is 1. The van der Waals surface area contributed by atoms with E-state index in [9.17, 15) is 4.79 Å². The maximum Gasteiger partial charge on any atom is 0.309 e. The van der Waals surface area contributed by atoms with Crippen molar-refractivity contribution in [3.8, 4) is 0 Å². The fraction of sp³-hybridized carbons (Fsp3) is 0.364. The van der Waals surface area contributed by atoms with Gasteiger partial charge in [-0.15, -0.1) is 0 Å². The first kappa shape index (κ1) is 9.78. The summed E-state index contributed by atoms with van der Waals surface area (Å²) in [6.07, 6.45) is 11.3. The minimum absolute atomic E-state index is 0.155. The van der Waals surface area contributed by atoms with Crippen molar-refractivity contribution in [1.82, 2.24) is 0 Å². The standard InChI is InChI=1S/C11H14O2/c1-2-13-11(12)9-8-10-6-4-3-5-7-10/h3-6,8H,2,7,9H2,1H3. The van der Waals surface area contributed by atoms with Crippen LogP contribution in [-0.4, -0.2) is 12.6 Å². The molecule has 0 fully saturated rings. The van der Waals surface area contributed by atoms with Crippen LogP contribution in [-0.2, 0) is 9.53 Å². The normalized spacial score (nSPS) is 17.8. The van der Waals surface area contributed by atoms with Crippen LogP contribution >= 0.6 is 0 Å². The molecule has 0 aliphatic heterocycles. The predicted octanol–water partition coefficient (Wildman–Crippen LogP) is 2.38. The number of esters is 1. The van der Waals surface area contributed by atoms with Gasteiger partial charge in [-0.2, -0.15) is 0 Å². The molecule has 0 N–H and O–H groups in total. The smallest absolute Gasteiger partial charge is 0.309 e. The average Bonchev–Trinajstić information content (AvgIpc) is 2.17. The van der Waals surface area contributed by atoms with E-state index in [0.29, 0.717) is 13.0 Å². The van der Waals surface area contributed by atoms with Gasteiger partial charge in [-0.25, -0.2) is 0 Å². The lowest BCUT2D eigenvalue weighted by Crippen LogP contribution is -2.02. The summed E-state index contributed by atoms with van der Waals surface area (Å²) in [4.78, 5) is 11.0. The first-order valence-corrected chi connectivity index (χ1v) is 4.50. The molecular formula is C11H14O2. The zero-order valence-corrected chi connectivity index (χ0v) is 7.82. The highest BCUT2D eigenvalue weighted by molar-refractivity contribution is 5.71. The monoisotopic (exact) mass is 178 g/mol. The van der Waals surface area contributed by atoms with E-state index in [-0.39, 0.29) is 5.97 Å². The summed E-state index contributed by atoms with van der Waals surface area (Å²) in [5.41, 5.74) is 1.18. The van der Waals surface area contributed by atoms with Crippen molar-refractivity contribution in [2.45, 2.75) is 19.8 Å². The third kappa shape index (κ3) is 3.74. The van der Waals surface area contributed by atoms with Crippen LogP contribution in [0, 0.1) is 0 Å². The topological polar surface area (TPSA) is 26.3 Å². The van der Waals surface area contributed by atoms with Gasteiger partial charge in [0.15, 0.2) is 0 Å². The Hall–Kier alpha value is -1.31. The number of allylic oxidation sites excluding steroid dienone is 5. The van der Waals surface area contributed by atoms with Gasteiger partial charge in [0.1, 0.15) is 0 Å². The molecule has 0 heterocycles. The highest BCUT2D eigenvalue weighted by Gasteiger charge is 1.99. The molecule has 0 unspecified atom stereocenters. The molecule has 0 aromatic carbocycles. The van der Waals surface area contributed by atoms with Crippen LogP contribution in [0.25, 0.3) is 0 Å². The molecular weight excluding hydrogens is 164 g/mol. The van der Waals surface area contributed by atoms with Gasteiger partial charge >= 0.3 is 5.97 Å². The van der Waals surface area contributed by atoms with Gasteiger partial charge in [0, 0.05) is 0 Å². The SMILES string of the molecule is CCOC(=O)CC=C1C=CC=CC1. The van der Waals surface area contributed by atoms with Gasteiger partial charge in [0.05, 0.1) is 13.0 Å². The van der Waals surface area contributed by atoms with Gasteiger partial charge in [0.25, 0.3) is 0 Å². The van der Waals surface area contributed by atoms with E-state index in [1.165, 1.54) is 5.57 Å². The summed E-state index contributed by atoms with van der Waals surface area (Å²) >= 11 is 0. The lowest BCUT2D eigenvalue weighted by Gasteiger charge is -2.02. The number of hydrogen-bond donors (Lipinski definition) is 0. The van der Waals surface area contributed by atoms with Crippen molar-refractivity contribution >= 4 is 5.97 Å². The van der Waals surface area contributed by atoms with Crippen molar-refractivity contribution in [3.63, 3.8) is 0 Å². The maximum absolute atomic E-state index is 11.0. The van der Waals surface area contributed by atoms with Gasteiger partial charge in [-0.05, 0) is 18.9 Å². The van der Waals surface area contributed by atoms with Crippen LogP contribution in [0.1, 0.15) is 19.8 Å². The maximum atomic E-state index is 11.0. The van der Waals surface area contributed by atoms with Gasteiger partial charge in [-0.1, -0.05) is 30.4 Å². The summed E-state index contributed by atoms with van der Waals surface area (Å²) in [7, 11) is 0. The third-order valence-corrected chi connectivity index (χ3v) is 1.75. The zero-order valence-electron chi connectivity index (χ0n) is 7.82. The number of ether oxygens (including phenoxy) is 1. The van der Waals surface area contributed by atoms with E-state index in [0.717, 1.165) is 6.42 Å². The van der Waals surface area contributed by atoms with E-state index >= 15 is 0 Å². The molecule has 0 saturated carbocycles. The third-order valence-electron chi connectivity index (χ3n) is 1.75. The molecule has 2 heteroatoms. The van der Waals surface area contributed by atoms with E-state index in [4.69, 9.17) is 4.74 Å². The number of rotatable bonds is 3. The molecule has 70 valence electrons. The summed E-state index contributed by atoms with van der Waals surface area (Å²) in [6, 6.07) is 0. The first-order valence-electron chi connectivity index (χ1n) is 4.50. The molecule has 0 radical (unpaired) electrons. The summed E-state index contributed by atoms with van der Waals surface area (Å²) in [5, 5.41) is 0. The highest BCUT2D eigenvalue weighted by atomic mass is 16.5. The Morgan fingerprint density at radius 3 is 3.08 bits per heavy atom. The molecule has 1 aliphatic carbocycles. The van der Waals surface area contributed by atoms with Crippen molar-refractivity contribution < 1.29 is 9.53 Å². The van der Waals surface area contributed by atoms with Gasteiger partial charge in [0.2, 0.25) is 0 Å². The molecule has 0 amide bonds. The second-order valence-corrected chi connectivity index (χ2v) is 2.78. The van der Waals surface area contributed by atoms with E-state index in [2.05, 4.69) is 6.08 Å². The van der Waals surface area contributed by atoms with Crippen LogP contribution in [0.5, 0.6) is 0 Å². The lowest BCUT2D eigenvalue weighted by molar-refractivity contribution is -0.142. The van der Waals surface area contributed by atoms with Gasteiger partial charge < -0.3 is 4.74 Å². The fourth-order valence-corrected chi connectivity index (χ4v) is 1.12. The Labute approximate surface area is 78.6 Å². The molecule has 0 atom stereocenters. The van der Waals surface area contributed by atoms with Crippen molar-refractivity contribution in [3.05, 3.63) is 36.0 Å². The quantitative estimate of drug-likeness (QED) is 0.620. The van der Waals surface area contributed by atoms with Crippen molar-refractivity contribution in [2.24, 2.45) is 0 Å². The molecule has 1 aliphatic rings. The van der Waals surface area contributed by atoms with Crippen molar-refractivity contribution in [2.75, 3.05) is 6.61 Å². The lowest BCUT2D eigenvalue weighted by atomic mass is 10.1. The van der Waals surface area contributed by atoms with E-state index in [1.807, 2.05) is 31.2 Å². The molecule has 0 spiro atoms.